The highest BCUT2D eigenvalue weighted by molar-refractivity contribution is 8.02. The number of nitrogens with one attached hydrogen (secondary N) is 1. The number of hydrogen-bond donors (Lipinski definition) is 1. The van der Waals surface area contributed by atoms with Crippen molar-refractivity contribution in [3.8, 4) is 22.9 Å². The first kappa shape index (κ1) is 16.5. The van der Waals surface area contributed by atoms with Gasteiger partial charge in [-0.15, -0.1) is 10.2 Å². The van der Waals surface area contributed by atoms with Crippen LogP contribution in [-0.2, 0) is 0 Å². The molecule has 0 atom stereocenters. The predicted molar refractivity (Wildman–Crippen MR) is 103 cm³/mol. The van der Waals surface area contributed by atoms with Gasteiger partial charge in [-0.3, -0.25) is 5.43 Å². The molecule has 132 valence electrons. The van der Waals surface area contributed by atoms with Gasteiger partial charge in [0, 0.05) is 16.5 Å². The van der Waals surface area contributed by atoms with Crippen LogP contribution in [0.2, 0.25) is 0 Å². The van der Waals surface area contributed by atoms with Gasteiger partial charge in [0.25, 0.3) is 0 Å². The third-order valence-electron chi connectivity index (χ3n) is 3.97. The average Bonchev–Trinajstić information content (AvgIpc) is 3.12. The molecule has 0 unspecified atom stereocenters. The number of benzene rings is 2. The van der Waals surface area contributed by atoms with Gasteiger partial charge in [0.2, 0.25) is 5.16 Å². The molecule has 0 bridgehead atoms. The molecule has 0 fully saturated rings. The van der Waals surface area contributed by atoms with Gasteiger partial charge in [-0.25, -0.2) is 4.68 Å². The van der Waals surface area contributed by atoms with Crippen LogP contribution in [0.1, 0.15) is 12.5 Å². The molecule has 4 rings (SSSR count). The van der Waals surface area contributed by atoms with Crippen molar-refractivity contribution in [1.82, 2.24) is 14.9 Å². The zero-order valence-corrected chi connectivity index (χ0v) is 15.3. The number of rotatable bonds is 5. The summed E-state index contributed by atoms with van der Waals surface area (Å²) in [6.45, 7) is 2.63. The minimum absolute atomic E-state index is 0.658. The van der Waals surface area contributed by atoms with Crippen molar-refractivity contribution in [2.45, 2.75) is 12.1 Å². The maximum Gasteiger partial charge on any atom is 0.214 e. The van der Waals surface area contributed by atoms with E-state index in [-0.39, 0.29) is 0 Å². The molecule has 1 aromatic heterocycles. The lowest BCUT2D eigenvalue weighted by molar-refractivity contribution is 0.340. The largest absolute Gasteiger partial charge is 0.497 e. The van der Waals surface area contributed by atoms with E-state index in [0.717, 1.165) is 39.3 Å². The molecule has 6 nitrogen and oxygen atoms in total. The molecule has 0 saturated heterocycles. The lowest BCUT2D eigenvalue weighted by Gasteiger charge is -2.19. The van der Waals surface area contributed by atoms with Crippen LogP contribution >= 0.6 is 11.8 Å². The molecular formula is C19H18N4O2S. The second-order valence-electron chi connectivity index (χ2n) is 5.59. The second kappa shape index (κ2) is 7.13. The fourth-order valence-corrected chi connectivity index (χ4v) is 3.40. The van der Waals surface area contributed by atoms with Crippen molar-refractivity contribution in [2.24, 2.45) is 0 Å². The summed E-state index contributed by atoms with van der Waals surface area (Å²) in [6.07, 6.45) is 0. The van der Waals surface area contributed by atoms with E-state index in [9.17, 15) is 0 Å². The summed E-state index contributed by atoms with van der Waals surface area (Å²) in [6, 6.07) is 15.8. The fraction of sp³-hybridized carbons (Fsp3) is 0.158. The number of nitrogens with zero attached hydrogens (tertiary/aromatic N) is 3. The van der Waals surface area contributed by atoms with Crippen LogP contribution in [-0.4, -0.2) is 28.6 Å². The Morgan fingerprint density at radius 2 is 1.65 bits per heavy atom. The summed E-state index contributed by atoms with van der Waals surface area (Å²) >= 11 is 1.54. The molecule has 26 heavy (non-hydrogen) atoms. The predicted octanol–water partition coefficient (Wildman–Crippen LogP) is 4.00. The van der Waals surface area contributed by atoms with Gasteiger partial charge in [-0.2, -0.15) is 0 Å². The lowest BCUT2D eigenvalue weighted by Crippen LogP contribution is -2.18. The van der Waals surface area contributed by atoms with Gasteiger partial charge in [0.05, 0.1) is 19.4 Å². The number of ether oxygens (including phenoxy) is 2. The smallest absolute Gasteiger partial charge is 0.214 e. The number of thioether (sulfide) groups is 1. The van der Waals surface area contributed by atoms with Crippen LogP contribution in [0.25, 0.3) is 17.1 Å². The molecule has 3 aromatic rings. The lowest BCUT2D eigenvalue weighted by atomic mass is 10.2. The summed E-state index contributed by atoms with van der Waals surface area (Å²) < 4.78 is 12.6. The molecule has 1 N–H and O–H groups in total. The van der Waals surface area contributed by atoms with Gasteiger partial charge in [0.1, 0.15) is 11.5 Å². The Hall–Kier alpha value is -2.93. The monoisotopic (exact) mass is 366 g/mol. The van der Waals surface area contributed by atoms with Crippen molar-refractivity contribution in [2.75, 3.05) is 19.1 Å². The summed E-state index contributed by atoms with van der Waals surface area (Å²) in [5.41, 5.74) is 6.42. The van der Waals surface area contributed by atoms with Crippen molar-refractivity contribution in [1.29, 1.82) is 0 Å². The molecule has 1 aliphatic rings. The number of methoxy groups -OCH3 is 1. The Kier molecular flexibility index (Phi) is 4.53. The first-order chi connectivity index (χ1) is 12.8. The number of aromatic nitrogens is 3. The van der Waals surface area contributed by atoms with Crippen molar-refractivity contribution in [3.05, 3.63) is 59.5 Å². The first-order valence-corrected chi connectivity index (χ1v) is 9.13. The highest BCUT2D eigenvalue weighted by Gasteiger charge is 2.19. The second-order valence-corrected chi connectivity index (χ2v) is 6.43. The Morgan fingerprint density at radius 1 is 0.962 bits per heavy atom. The van der Waals surface area contributed by atoms with E-state index in [4.69, 9.17) is 9.47 Å². The zero-order valence-electron chi connectivity index (χ0n) is 14.5. The minimum Gasteiger partial charge on any atom is -0.497 e. The van der Waals surface area contributed by atoms with E-state index >= 15 is 0 Å². The van der Waals surface area contributed by atoms with Crippen LogP contribution in [0.3, 0.4) is 0 Å². The van der Waals surface area contributed by atoms with E-state index in [2.05, 4.69) is 15.6 Å². The van der Waals surface area contributed by atoms with Crippen LogP contribution in [0.5, 0.6) is 11.5 Å². The summed E-state index contributed by atoms with van der Waals surface area (Å²) in [5, 5.41) is 11.4. The number of fused-ring (bicyclic) bond motifs is 1. The highest BCUT2D eigenvalue weighted by atomic mass is 32.2. The first-order valence-electron chi connectivity index (χ1n) is 8.25. The molecule has 0 amide bonds. The van der Waals surface area contributed by atoms with Crippen molar-refractivity contribution < 1.29 is 9.47 Å². The summed E-state index contributed by atoms with van der Waals surface area (Å²) in [5.74, 6) is 2.43. The van der Waals surface area contributed by atoms with Crippen LogP contribution in [0.15, 0.2) is 59.1 Å². The van der Waals surface area contributed by atoms with Gasteiger partial charge in [-0.05, 0) is 55.5 Å². The third kappa shape index (κ3) is 3.13. The molecule has 0 radical (unpaired) electrons. The van der Waals surface area contributed by atoms with E-state index < -0.39 is 0 Å². The quantitative estimate of drug-likeness (QED) is 0.736. The van der Waals surface area contributed by atoms with E-state index in [0.29, 0.717) is 6.61 Å². The zero-order chi connectivity index (χ0) is 17.9. The molecule has 0 saturated carbocycles. The van der Waals surface area contributed by atoms with E-state index in [1.54, 1.807) is 7.11 Å². The molecule has 0 spiro atoms. The molecule has 2 heterocycles. The maximum absolute atomic E-state index is 5.51. The summed E-state index contributed by atoms with van der Waals surface area (Å²) in [4.78, 5) is 0. The van der Waals surface area contributed by atoms with Gasteiger partial charge >= 0.3 is 0 Å². The Bertz CT molecular complexity index is 933. The van der Waals surface area contributed by atoms with Crippen molar-refractivity contribution >= 4 is 17.5 Å². The topological polar surface area (TPSA) is 61.2 Å². The van der Waals surface area contributed by atoms with Gasteiger partial charge in [0.15, 0.2) is 5.82 Å². The molecule has 7 heteroatoms. The molecule has 1 aliphatic heterocycles. The number of hydrogen-bond acceptors (Lipinski definition) is 6. The highest BCUT2D eigenvalue weighted by Crippen LogP contribution is 2.32. The van der Waals surface area contributed by atoms with Crippen molar-refractivity contribution in [3.63, 3.8) is 0 Å². The normalized spacial score (nSPS) is 12.8. The van der Waals surface area contributed by atoms with Gasteiger partial charge < -0.3 is 9.47 Å². The summed E-state index contributed by atoms with van der Waals surface area (Å²) in [7, 11) is 1.65. The van der Waals surface area contributed by atoms with Gasteiger partial charge in [-0.1, -0.05) is 11.8 Å². The third-order valence-corrected chi connectivity index (χ3v) is 4.80. The Labute approximate surface area is 155 Å². The standard InChI is InChI=1S/C19H18N4O2S/c1-3-25-16-10-4-13(5-11-16)17-12-26-19-21-20-18(23(19)22-17)14-6-8-15(24-2)9-7-14/h4-12,22H,3H2,1-2H3. The minimum atomic E-state index is 0.658. The van der Waals surface area contributed by atoms with E-state index in [1.165, 1.54) is 11.8 Å². The van der Waals surface area contributed by atoms with Crippen LogP contribution in [0.4, 0.5) is 0 Å². The SMILES string of the molecule is CCOc1ccc(C2=CSc3nnc(-c4ccc(OC)cc4)n3N2)cc1. The fourth-order valence-electron chi connectivity index (χ4n) is 2.66. The molecular weight excluding hydrogens is 348 g/mol. The molecule has 2 aromatic carbocycles. The van der Waals surface area contributed by atoms with Crippen LogP contribution < -0.4 is 14.9 Å². The van der Waals surface area contributed by atoms with Crippen LogP contribution in [0, 0.1) is 0 Å². The Morgan fingerprint density at radius 3 is 2.35 bits per heavy atom. The average molecular weight is 366 g/mol. The van der Waals surface area contributed by atoms with E-state index in [1.807, 2.05) is 65.5 Å². The molecule has 0 aliphatic carbocycles. The Balaban J connectivity index is 1.60. The maximum atomic E-state index is 5.51.